The van der Waals surface area contributed by atoms with Crippen molar-refractivity contribution in [2.45, 2.75) is 18.7 Å². The highest BCUT2D eigenvalue weighted by molar-refractivity contribution is 5.93. The monoisotopic (exact) mass is 446 g/mol. The predicted molar refractivity (Wildman–Crippen MR) is 126 cm³/mol. The molecule has 1 fully saturated rings. The van der Waals surface area contributed by atoms with E-state index >= 15 is 0 Å². The van der Waals surface area contributed by atoms with E-state index < -0.39 is 12.0 Å². The molecule has 3 N–H and O–H groups in total. The van der Waals surface area contributed by atoms with Crippen LogP contribution in [0.4, 0.5) is 15.8 Å². The summed E-state index contributed by atoms with van der Waals surface area (Å²) in [5, 5.41) is 22.3. The summed E-state index contributed by atoms with van der Waals surface area (Å²) >= 11 is 0. The van der Waals surface area contributed by atoms with E-state index in [-0.39, 0.29) is 11.6 Å². The van der Waals surface area contributed by atoms with Gasteiger partial charge in [0.25, 0.3) is 5.56 Å². The average Bonchev–Trinajstić information content (AvgIpc) is 3.19. The number of hydrogen-bond donors (Lipinski definition) is 3. The summed E-state index contributed by atoms with van der Waals surface area (Å²) < 4.78 is 18.9. The highest BCUT2D eigenvalue weighted by atomic mass is 19.1. The van der Waals surface area contributed by atoms with Crippen LogP contribution in [0, 0.1) is 5.82 Å². The fraction of sp³-hybridized carbons (Fsp3) is 0.200. The number of aliphatic hydroxyl groups excluding tert-OH is 1. The lowest BCUT2D eigenvalue weighted by molar-refractivity contribution is 0.174. The molecule has 2 heterocycles. The first-order valence-corrected chi connectivity index (χ1v) is 10.7. The minimum absolute atomic E-state index is 0.222. The molecule has 0 radical (unpaired) electrons. The first kappa shape index (κ1) is 21.0. The molecular formula is C25H23FN4O3. The topological polar surface area (TPSA) is 90.5 Å². The van der Waals surface area contributed by atoms with Gasteiger partial charge >= 0.3 is 0 Å². The number of ether oxygens (including phenoxy) is 1. The van der Waals surface area contributed by atoms with Gasteiger partial charge in [-0.15, -0.1) is 0 Å². The number of benzene rings is 3. The van der Waals surface area contributed by atoms with Crippen molar-refractivity contribution in [3.63, 3.8) is 0 Å². The molecule has 0 amide bonds. The number of H-pyrrole nitrogens is 1. The lowest BCUT2D eigenvalue weighted by Gasteiger charge is -2.26. The fourth-order valence-electron chi connectivity index (χ4n) is 4.33. The maximum atomic E-state index is 13.8. The zero-order valence-corrected chi connectivity index (χ0v) is 18.0. The van der Waals surface area contributed by atoms with E-state index in [1.165, 1.54) is 19.2 Å². The number of methoxy groups -OCH3 is 1. The van der Waals surface area contributed by atoms with Crippen molar-refractivity contribution in [3.8, 4) is 17.0 Å². The van der Waals surface area contributed by atoms with Crippen LogP contribution in [0.5, 0.6) is 5.75 Å². The van der Waals surface area contributed by atoms with E-state index in [2.05, 4.69) is 15.5 Å². The molecule has 0 bridgehead atoms. The number of nitrogens with zero attached hydrogens (tertiary/aromatic N) is 2. The van der Waals surface area contributed by atoms with Crippen LogP contribution in [0.25, 0.3) is 22.0 Å². The largest absolute Gasteiger partial charge is 0.497 e. The van der Waals surface area contributed by atoms with Crippen LogP contribution in [0.2, 0.25) is 0 Å². The summed E-state index contributed by atoms with van der Waals surface area (Å²) in [6.45, 7) is 0.643. The van der Waals surface area contributed by atoms with Gasteiger partial charge < -0.3 is 20.1 Å². The van der Waals surface area contributed by atoms with Crippen molar-refractivity contribution < 1.29 is 14.2 Å². The predicted octanol–water partition coefficient (Wildman–Crippen LogP) is 3.75. The molecule has 33 heavy (non-hydrogen) atoms. The van der Waals surface area contributed by atoms with Crippen molar-refractivity contribution in [2.24, 2.45) is 0 Å². The molecular weight excluding hydrogens is 423 g/mol. The Labute approximate surface area is 189 Å². The third kappa shape index (κ3) is 4.01. The first-order valence-electron chi connectivity index (χ1n) is 10.7. The molecule has 7 nitrogen and oxygen atoms in total. The standard InChI is InChI=1S/C25H23FN4O3/c1-33-19-13-16(26)12-17(14-19)27-22-10-11-30(25(22)32)18-8-6-15(7-9-18)23-20-4-2-3-5-21(20)24(31)29-28-23/h2-9,12-14,22,25,27,32H,10-11H2,1H3,(H,29,31). The van der Waals surface area contributed by atoms with Crippen molar-refractivity contribution >= 4 is 22.1 Å². The molecule has 8 heteroatoms. The van der Waals surface area contributed by atoms with Gasteiger partial charge in [-0.3, -0.25) is 4.79 Å². The van der Waals surface area contributed by atoms with E-state index in [0.717, 1.165) is 16.6 Å². The Morgan fingerprint density at radius 1 is 1.12 bits per heavy atom. The molecule has 0 spiro atoms. The number of hydrogen-bond acceptors (Lipinski definition) is 6. The molecule has 4 aromatic rings. The van der Waals surface area contributed by atoms with Crippen LogP contribution >= 0.6 is 0 Å². The van der Waals surface area contributed by atoms with Gasteiger partial charge in [-0.25, -0.2) is 9.49 Å². The van der Waals surface area contributed by atoms with Crippen molar-refractivity contribution in [3.05, 3.63) is 82.9 Å². The number of aliphatic hydroxyl groups is 1. The minimum Gasteiger partial charge on any atom is -0.497 e. The lowest BCUT2D eigenvalue weighted by atomic mass is 10.0. The molecule has 5 rings (SSSR count). The summed E-state index contributed by atoms with van der Waals surface area (Å²) in [5.74, 6) is 0.0148. The van der Waals surface area contributed by atoms with Crippen LogP contribution in [0.15, 0.2) is 71.5 Å². The molecule has 1 aliphatic heterocycles. The van der Waals surface area contributed by atoms with E-state index in [4.69, 9.17) is 4.74 Å². The maximum Gasteiger partial charge on any atom is 0.272 e. The molecule has 0 aliphatic carbocycles. The number of nitrogens with one attached hydrogen (secondary N) is 2. The Kier molecular flexibility index (Phi) is 5.43. The van der Waals surface area contributed by atoms with Crippen molar-refractivity contribution in [1.29, 1.82) is 0 Å². The number of anilines is 2. The Balaban J connectivity index is 1.36. The van der Waals surface area contributed by atoms with Crippen LogP contribution in [0.1, 0.15) is 6.42 Å². The second-order valence-corrected chi connectivity index (χ2v) is 8.02. The number of fused-ring (bicyclic) bond motifs is 1. The third-order valence-corrected chi connectivity index (χ3v) is 5.99. The second kappa shape index (κ2) is 8.55. The summed E-state index contributed by atoms with van der Waals surface area (Å²) in [7, 11) is 1.49. The van der Waals surface area contributed by atoms with Gasteiger partial charge in [-0.1, -0.05) is 30.3 Å². The quantitative estimate of drug-likeness (QED) is 0.433. The normalized spacial score (nSPS) is 18.0. The Morgan fingerprint density at radius 2 is 1.88 bits per heavy atom. The Hall–Kier alpha value is -3.91. The average molecular weight is 446 g/mol. The van der Waals surface area contributed by atoms with Crippen LogP contribution in [0.3, 0.4) is 0 Å². The van der Waals surface area contributed by atoms with Gasteiger partial charge in [0.1, 0.15) is 17.8 Å². The van der Waals surface area contributed by atoms with Crippen LogP contribution < -0.4 is 20.5 Å². The van der Waals surface area contributed by atoms with Gasteiger partial charge in [-0.05, 0) is 30.7 Å². The second-order valence-electron chi connectivity index (χ2n) is 8.02. The molecule has 2 atom stereocenters. The SMILES string of the molecule is COc1cc(F)cc(NC2CCN(c3ccc(-c4n[nH]c(=O)c5ccccc45)cc3)C2O)c1. The first-order chi connectivity index (χ1) is 16.0. The number of aromatic amines is 1. The van der Waals surface area contributed by atoms with Gasteiger partial charge in [0.2, 0.25) is 0 Å². The van der Waals surface area contributed by atoms with E-state index in [0.29, 0.717) is 35.5 Å². The van der Waals surface area contributed by atoms with Gasteiger partial charge in [-0.2, -0.15) is 5.10 Å². The van der Waals surface area contributed by atoms with E-state index in [9.17, 15) is 14.3 Å². The fourth-order valence-corrected chi connectivity index (χ4v) is 4.33. The highest BCUT2D eigenvalue weighted by Gasteiger charge is 2.33. The summed E-state index contributed by atoms with van der Waals surface area (Å²) in [6, 6.07) is 19.2. The smallest absolute Gasteiger partial charge is 0.272 e. The number of aromatic nitrogens is 2. The van der Waals surface area contributed by atoms with Crippen LogP contribution in [-0.4, -0.2) is 41.2 Å². The van der Waals surface area contributed by atoms with Gasteiger partial charge in [0.05, 0.1) is 24.2 Å². The molecule has 168 valence electrons. The molecule has 2 unspecified atom stereocenters. The van der Waals surface area contributed by atoms with E-state index in [1.807, 2.05) is 47.4 Å². The maximum absolute atomic E-state index is 13.8. The summed E-state index contributed by atoms with van der Waals surface area (Å²) in [5.41, 5.74) is 2.76. The zero-order valence-electron chi connectivity index (χ0n) is 18.0. The highest BCUT2D eigenvalue weighted by Crippen LogP contribution is 2.31. The molecule has 1 saturated heterocycles. The zero-order chi connectivity index (χ0) is 22.9. The summed E-state index contributed by atoms with van der Waals surface area (Å²) in [6.07, 6.45) is -0.0921. The van der Waals surface area contributed by atoms with Crippen molar-refractivity contribution in [1.82, 2.24) is 10.2 Å². The van der Waals surface area contributed by atoms with Gasteiger partial charge in [0.15, 0.2) is 0 Å². The van der Waals surface area contributed by atoms with Crippen molar-refractivity contribution in [2.75, 3.05) is 23.9 Å². The molecule has 1 aliphatic rings. The van der Waals surface area contributed by atoms with Gasteiger partial charge in [0, 0.05) is 41.0 Å². The molecule has 0 saturated carbocycles. The number of rotatable bonds is 5. The Morgan fingerprint density at radius 3 is 2.64 bits per heavy atom. The summed E-state index contributed by atoms with van der Waals surface area (Å²) in [4.78, 5) is 14.0. The Bertz CT molecular complexity index is 1360. The number of halogens is 1. The lowest BCUT2D eigenvalue weighted by Crippen LogP contribution is -2.38. The molecule has 1 aromatic heterocycles. The minimum atomic E-state index is -0.780. The van der Waals surface area contributed by atoms with Crippen LogP contribution in [-0.2, 0) is 0 Å². The van der Waals surface area contributed by atoms with E-state index in [1.54, 1.807) is 12.1 Å². The molecule has 3 aromatic carbocycles. The third-order valence-electron chi connectivity index (χ3n) is 5.99.